The number of benzene rings is 8. The van der Waals surface area contributed by atoms with E-state index in [0.717, 1.165) is 0 Å². The lowest BCUT2D eigenvalue weighted by Crippen LogP contribution is -2.35. The fourth-order valence-electron chi connectivity index (χ4n) is 9.84. The van der Waals surface area contributed by atoms with Gasteiger partial charge in [0, 0.05) is 21.9 Å². The predicted octanol–water partition coefficient (Wildman–Crippen LogP) is 13.3. The van der Waals surface area contributed by atoms with Gasteiger partial charge in [0.15, 0.2) is 0 Å². The molecule has 54 heavy (non-hydrogen) atoms. The third kappa shape index (κ3) is 4.11. The zero-order valence-corrected chi connectivity index (χ0v) is 30.4. The standard InChI is InChI=1S/C52H38N2/c1-51(2)42-24-12-14-27-47(42)53(39-21-10-5-11-22-39)49-32-30-36(34-45(49)51)35-29-31-46-41(33-35)40-23-16-26-44-50(40)54(46)48-28-15-13-25-43(48)52(44,37-17-6-3-7-18-37)38-19-8-4-9-20-38/h3-34H,1-2H3. The Hall–Kier alpha value is -6.64. The van der Waals surface area contributed by atoms with Crippen molar-refractivity contribution in [1.29, 1.82) is 0 Å². The molecule has 256 valence electrons. The maximum atomic E-state index is 2.52. The van der Waals surface area contributed by atoms with Crippen LogP contribution < -0.4 is 4.90 Å². The van der Waals surface area contributed by atoms with E-state index in [2.05, 4.69) is 217 Å². The zero-order valence-electron chi connectivity index (χ0n) is 30.4. The van der Waals surface area contributed by atoms with Crippen LogP contribution in [0.25, 0.3) is 38.6 Å². The monoisotopic (exact) mass is 690 g/mol. The summed E-state index contributed by atoms with van der Waals surface area (Å²) in [6, 6.07) is 71.9. The lowest BCUT2D eigenvalue weighted by molar-refractivity contribution is 0.632. The Balaban J connectivity index is 1.15. The molecule has 0 unspecified atom stereocenters. The van der Waals surface area contributed by atoms with Crippen LogP contribution in [-0.4, -0.2) is 4.57 Å². The van der Waals surface area contributed by atoms with Gasteiger partial charge < -0.3 is 9.47 Å². The van der Waals surface area contributed by atoms with Gasteiger partial charge in [-0.15, -0.1) is 0 Å². The number of hydrogen-bond donors (Lipinski definition) is 0. The zero-order chi connectivity index (χ0) is 36.0. The van der Waals surface area contributed by atoms with Crippen molar-refractivity contribution in [3.05, 3.63) is 228 Å². The Labute approximate surface area is 316 Å². The number of aromatic nitrogens is 1. The van der Waals surface area contributed by atoms with Crippen molar-refractivity contribution < 1.29 is 0 Å². The van der Waals surface area contributed by atoms with Gasteiger partial charge in [-0.2, -0.15) is 0 Å². The highest BCUT2D eigenvalue weighted by Gasteiger charge is 2.45. The van der Waals surface area contributed by atoms with Crippen LogP contribution in [-0.2, 0) is 10.8 Å². The first kappa shape index (κ1) is 30.9. The maximum absolute atomic E-state index is 2.52. The summed E-state index contributed by atoms with van der Waals surface area (Å²) in [6.07, 6.45) is 0. The first-order valence-corrected chi connectivity index (χ1v) is 18.9. The molecular weight excluding hydrogens is 653 g/mol. The molecule has 0 fully saturated rings. The Morgan fingerprint density at radius 3 is 1.67 bits per heavy atom. The molecular formula is C52H38N2. The number of nitrogens with zero attached hydrogens (tertiary/aromatic N) is 2. The van der Waals surface area contributed by atoms with Crippen molar-refractivity contribution in [2.75, 3.05) is 4.90 Å². The second-order valence-corrected chi connectivity index (χ2v) is 15.3. The summed E-state index contributed by atoms with van der Waals surface area (Å²) in [4.78, 5) is 2.43. The third-order valence-electron chi connectivity index (χ3n) is 12.2. The fraction of sp³-hybridized carbons (Fsp3) is 0.0769. The van der Waals surface area contributed by atoms with Crippen molar-refractivity contribution >= 4 is 38.9 Å². The molecule has 9 aromatic rings. The van der Waals surface area contributed by atoms with E-state index in [1.807, 2.05) is 0 Å². The molecule has 8 aromatic carbocycles. The van der Waals surface area contributed by atoms with Crippen LogP contribution in [0.2, 0.25) is 0 Å². The molecule has 1 aromatic heterocycles. The molecule has 0 aliphatic carbocycles. The predicted molar refractivity (Wildman–Crippen MR) is 225 cm³/mol. The Morgan fingerprint density at radius 2 is 0.944 bits per heavy atom. The van der Waals surface area contributed by atoms with E-state index in [-0.39, 0.29) is 5.41 Å². The summed E-state index contributed by atoms with van der Waals surface area (Å²) in [6.45, 7) is 4.74. The Bertz CT molecular complexity index is 2860. The number of fused-ring (bicyclic) bond motifs is 7. The molecule has 0 saturated heterocycles. The number of hydrogen-bond acceptors (Lipinski definition) is 1. The molecule has 0 amide bonds. The third-order valence-corrected chi connectivity index (χ3v) is 12.2. The molecule has 0 radical (unpaired) electrons. The normalized spacial score (nSPS) is 14.7. The highest BCUT2D eigenvalue weighted by molar-refractivity contribution is 6.13. The summed E-state index contributed by atoms with van der Waals surface area (Å²) in [5, 5.41) is 2.54. The fourth-order valence-corrected chi connectivity index (χ4v) is 9.84. The van der Waals surface area contributed by atoms with Crippen LogP contribution in [0.3, 0.4) is 0 Å². The molecule has 2 nitrogen and oxygen atoms in total. The first-order chi connectivity index (χ1) is 26.6. The van der Waals surface area contributed by atoms with Crippen LogP contribution in [0.4, 0.5) is 17.1 Å². The van der Waals surface area contributed by atoms with Gasteiger partial charge >= 0.3 is 0 Å². The van der Waals surface area contributed by atoms with Crippen LogP contribution in [0, 0.1) is 0 Å². The average molecular weight is 691 g/mol. The molecule has 0 saturated carbocycles. The van der Waals surface area contributed by atoms with Gasteiger partial charge in [0.1, 0.15) is 0 Å². The molecule has 2 heteroatoms. The SMILES string of the molecule is CC1(C)c2ccccc2N(c2ccccc2)c2ccc(-c3ccc4c(c3)c3cccc5c3n4-c3ccccc3C5(c3ccccc3)c3ccccc3)cc21. The van der Waals surface area contributed by atoms with E-state index in [0.29, 0.717) is 0 Å². The molecule has 3 heterocycles. The second kappa shape index (κ2) is 11.4. The minimum atomic E-state index is -0.475. The number of para-hydroxylation sites is 4. The minimum absolute atomic E-state index is 0.178. The van der Waals surface area contributed by atoms with Crippen molar-refractivity contribution in [1.82, 2.24) is 4.57 Å². The summed E-state index contributed by atoms with van der Waals surface area (Å²) in [5.74, 6) is 0. The minimum Gasteiger partial charge on any atom is -0.310 e. The van der Waals surface area contributed by atoms with Crippen molar-refractivity contribution in [3.8, 4) is 16.8 Å². The van der Waals surface area contributed by atoms with Crippen LogP contribution in [0.15, 0.2) is 194 Å². The van der Waals surface area contributed by atoms with Gasteiger partial charge in [0.25, 0.3) is 0 Å². The van der Waals surface area contributed by atoms with Gasteiger partial charge in [-0.3, -0.25) is 0 Å². The molecule has 11 rings (SSSR count). The van der Waals surface area contributed by atoms with Crippen LogP contribution in [0.5, 0.6) is 0 Å². The average Bonchev–Trinajstić information content (AvgIpc) is 3.57. The van der Waals surface area contributed by atoms with E-state index in [1.54, 1.807) is 0 Å². The maximum Gasteiger partial charge on any atom is 0.0742 e. The molecule has 2 aliphatic rings. The summed E-state index contributed by atoms with van der Waals surface area (Å²) in [5.41, 5.74) is 17.0. The number of rotatable bonds is 4. The summed E-state index contributed by atoms with van der Waals surface area (Å²) in [7, 11) is 0. The second-order valence-electron chi connectivity index (χ2n) is 15.3. The highest BCUT2D eigenvalue weighted by Crippen LogP contribution is 2.55. The first-order valence-electron chi connectivity index (χ1n) is 18.9. The van der Waals surface area contributed by atoms with Gasteiger partial charge in [-0.1, -0.05) is 159 Å². The molecule has 0 spiro atoms. The highest BCUT2D eigenvalue weighted by atomic mass is 15.2. The Kier molecular flexibility index (Phi) is 6.55. The van der Waals surface area contributed by atoms with E-state index in [1.165, 1.54) is 89.1 Å². The van der Waals surface area contributed by atoms with Crippen molar-refractivity contribution in [3.63, 3.8) is 0 Å². The number of anilines is 3. The lowest BCUT2D eigenvalue weighted by atomic mass is 9.63. The largest absolute Gasteiger partial charge is 0.310 e. The van der Waals surface area contributed by atoms with E-state index >= 15 is 0 Å². The molecule has 0 N–H and O–H groups in total. The van der Waals surface area contributed by atoms with Crippen LogP contribution in [0.1, 0.15) is 47.2 Å². The molecule has 0 bridgehead atoms. The Morgan fingerprint density at radius 1 is 0.389 bits per heavy atom. The van der Waals surface area contributed by atoms with E-state index in [9.17, 15) is 0 Å². The van der Waals surface area contributed by atoms with Gasteiger partial charge in [-0.25, -0.2) is 0 Å². The van der Waals surface area contributed by atoms with E-state index in [4.69, 9.17) is 0 Å². The van der Waals surface area contributed by atoms with Gasteiger partial charge in [0.2, 0.25) is 0 Å². The van der Waals surface area contributed by atoms with Crippen LogP contribution >= 0.6 is 0 Å². The van der Waals surface area contributed by atoms with Gasteiger partial charge in [-0.05, 0) is 93.0 Å². The molecule has 0 atom stereocenters. The van der Waals surface area contributed by atoms with Gasteiger partial charge in [0.05, 0.1) is 33.5 Å². The summed E-state index contributed by atoms with van der Waals surface area (Å²) < 4.78 is 2.52. The lowest BCUT2D eigenvalue weighted by Gasteiger charge is -2.42. The quantitative estimate of drug-likeness (QED) is 0.178. The van der Waals surface area contributed by atoms with Crippen molar-refractivity contribution in [2.24, 2.45) is 0 Å². The molecule has 2 aliphatic heterocycles. The van der Waals surface area contributed by atoms with Crippen molar-refractivity contribution in [2.45, 2.75) is 24.7 Å². The van der Waals surface area contributed by atoms with E-state index < -0.39 is 5.41 Å². The summed E-state index contributed by atoms with van der Waals surface area (Å²) >= 11 is 0. The smallest absolute Gasteiger partial charge is 0.0742 e. The topological polar surface area (TPSA) is 8.17 Å².